The molecule has 1 aromatic carbocycles. The van der Waals surface area contributed by atoms with Gasteiger partial charge in [-0.05, 0) is 17.7 Å². The summed E-state index contributed by atoms with van der Waals surface area (Å²) in [6.07, 6.45) is 0.863. The summed E-state index contributed by atoms with van der Waals surface area (Å²) in [7, 11) is 0. The molecule has 0 spiro atoms. The van der Waals surface area contributed by atoms with Crippen molar-refractivity contribution in [3.8, 4) is 0 Å². The number of pyridine rings is 1. The molecule has 0 radical (unpaired) electrons. The van der Waals surface area contributed by atoms with Gasteiger partial charge in [0.2, 0.25) is 0 Å². The molecule has 0 bridgehead atoms. The molecule has 0 amide bonds. The quantitative estimate of drug-likeness (QED) is 0.290. The highest BCUT2D eigenvalue weighted by Crippen LogP contribution is 2.23. The summed E-state index contributed by atoms with van der Waals surface area (Å²) in [5, 5.41) is 5.77. The van der Waals surface area contributed by atoms with Crippen LogP contribution in [-0.2, 0) is 6.42 Å². The zero-order valence-electron chi connectivity index (χ0n) is 11.5. The zero-order chi connectivity index (χ0) is 16.2. The van der Waals surface area contributed by atoms with E-state index in [0.29, 0.717) is 17.1 Å². The summed E-state index contributed by atoms with van der Waals surface area (Å²) in [4.78, 5) is 14.1. The Balaban J connectivity index is 2.18. The van der Waals surface area contributed by atoms with E-state index in [4.69, 9.17) is 11.6 Å². The van der Waals surface area contributed by atoms with Crippen molar-refractivity contribution >= 4 is 17.3 Å². The first-order valence-corrected chi connectivity index (χ1v) is 6.37. The highest BCUT2D eigenvalue weighted by Gasteiger charge is 2.34. The number of nitrogens with two attached hydrogens (primary N) is 2. The number of nitrogens with zero attached hydrogens (tertiary/aromatic N) is 1. The Morgan fingerprint density at radius 3 is 2.77 bits per heavy atom. The van der Waals surface area contributed by atoms with E-state index in [9.17, 15) is 13.6 Å². The largest absolute Gasteiger partial charge is 0.381 e. The average molecular weight is 307 g/mol. The monoisotopic (exact) mass is 307 g/mol. The lowest BCUT2D eigenvalue weighted by Crippen LogP contribution is -2.38. The fraction of sp³-hybridized carbons (Fsp3) is 0.143. The lowest BCUT2D eigenvalue weighted by Gasteiger charge is -2.15. The van der Waals surface area contributed by atoms with Crippen molar-refractivity contribution in [1.29, 1.82) is 0 Å². The Kier molecular flexibility index (Phi) is 4.40. The van der Waals surface area contributed by atoms with E-state index in [1.165, 1.54) is 30.5 Å². The number of hydrazone groups is 1. The van der Waals surface area contributed by atoms with Gasteiger partial charge in [0.15, 0.2) is 11.3 Å². The van der Waals surface area contributed by atoms with Crippen LogP contribution in [0.25, 0.3) is 0 Å². The molecule has 8 heteroatoms. The molecule has 0 aliphatic heterocycles. The highest BCUT2D eigenvalue weighted by atomic mass is 19.3. The fourth-order valence-corrected chi connectivity index (χ4v) is 1.87. The van der Waals surface area contributed by atoms with Crippen LogP contribution in [0.1, 0.15) is 5.56 Å². The molecule has 0 fully saturated rings. The predicted octanol–water partition coefficient (Wildman–Crippen LogP) is 1.53. The van der Waals surface area contributed by atoms with Crippen LogP contribution in [0.15, 0.2) is 52.5 Å². The third-order valence-electron chi connectivity index (χ3n) is 2.92. The van der Waals surface area contributed by atoms with Gasteiger partial charge in [-0.2, -0.15) is 13.9 Å². The number of aromatic nitrogens is 1. The van der Waals surface area contributed by atoms with Crippen molar-refractivity contribution in [2.24, 2.45) is 16.7 Å². The molecule has 6 N–H and O–H groups in total. The number of nitrogens with one attached hydrogen (secondary N) is 2. The number of halogens is 2. The van der Waals surface area contributed by atoms with Crippen LogP contribution in [-0.4, -0.2) is 16.7 Å². The third-order valence-corrected chi connectivity index (χ3v) is 2.92. The molecule has 0 atom stereocenters. The Hall–Kier alpha value is -2.90. The number of alkyl halides is 2. The van der Waals surface area contributed by atoms with Gasteiger partial charge in [-0.1, -0.05) is 12.1 Å². The summed E-state index contributed by atoms with van der Waals surface area (Å²) in [6.45, 7) is 0. The molecule has 2 rings (SSSR count). The van der Waals surface area contributed by atoms with Crippen LogP contribution >= 0.6 is 0 Å². The molecule has 6 nitrogen and oxygen atoms in total. The number of hydrogen-bond donors (Lipinski definition) is 4. The molecular formula is C14H15F2N5O. The highest BCUT2D eigenvalue weighted by molar-refractivity contribution is 5.87. The van der Waals surface area contributed by atoms with Crippen LogP contribution < -0.4 is 22.3 Å². The van der Waals surface area contributed by atoms with E-state index in [1.807, 2.05) is 0 Å². The summed E-state index contributed by atoms with van der Waals surface area (Å²) >= 11 is 0. The molecule has 0 aliphatic rings. The first-order chi connectivity index (χ1) is 10.4. The van der Waals surface area contributed by atoms with Crippen LogP contribution in [0, 0.1) is 0 Å². The van der Waals surface area contributed by atoms with E-state index in [0.717, 1.165) is 0 Å². The molecule has 22 heavy (non-hydrogen) atoms. The van der Waals surface area contributed by atoms with E-state index >= 15 is 0 Å². The van der Waals surface area contributed by atoms with Gasteiger partial charge in [0, 0.05) is 30.4 Å². The van der Waals surface area contributed by atoms with Gasteiger partial charge in [0.25, 0.3) is 0 Å². The van der Waals surface area contributed by atoms with Gasteiger partial charge in [-0.3, -0.25) is 4.79 Å². The minimum absolute atomic E-state index is 0.170. The summed E-state index contributed by atoms with van der Waals surface area (Å²) < 4.78 is 27.4. The second kappa shape index (κ2) is 6.25. The number of benzene rings is 1. The number of amidine groups is 1. The first-order valence-electron chi connectivity index (χ1n) is 6.37. The summed E-state index contributed by atoms with van der Waals surface area (Å²) in [6, 6.07) is 9.11. The van der Waals surface area contributed by atoms with Gasteiger partial charge in [-0.15, -0.1) is 0 Å². The number of anilines is 2. The van der Waals surface area contributed by atoms with E-state index in [1.54, 1.807) is 12.1 Å². The molecule has 0 saturated heterocycles. The Morgan fingerprint density at radius 2 is 2.09 bits per heavy atom. The second-order valence-electron chi connectivity index (χ2n) is 4.66. The summed E-state index contributed by atoms with van der Waals surface area (Å²) in [5.41, 5.74) is 5.83. The van der Waals surface area contributed by atoms with Gasteiger partial charge >= 0.3 is 5.92 Å². The Bertz CT molecular complexity index is 742. The summed E-state index contributed by atoms with van der Waals surface area (Å²) in [5.74, 6) is 1.01. The smallest absolute Gasteiger partial charge is 0.309 e. The van der Waals surface area contributed by atoms with Crippen LogP contribution in [0.5, 0.6) is 0 Å². The molecular weight excluding hydrogens is 292 g/mol. The Labute approximate surface area is 124 Å². The van der Waals surface area contributed by atoms with Crippen molar-refractivity contribution < 1.29 is 8.78 Å². The maximum Gasteiger partial charge on any atom is 0.309 e. The van der Waals surface area contributed by atoms with Crippen LogP contribution in [0.3, 0.4) is 0 Å². The lowest BCUT2D eigenvalue weighted by atomic mass is 10.1. The zero-order valence-corrected chi connectivity index (χ0v) is 11.5. The number of rotatable bonds is 5. The molecule has 0 unspecified atom stereocenters. The predicted molar refractivity (Wildman–Crippen MR) is 81.2 cm³/mol. The van der Waals surface area contributed by atoms with Crippen molar-refractivity contribution in [3.05, 3.63) is 58.4 Å². The SMILES string of the molecule is N/N=C(\N)C(F)(F)Cc1cccc(Nc2cc(=O)cc[nH]2)c1. The molecule has 2 aromatic rings. The van der Waals surface area contributed by atoms with Gasteiger partial charge < -0.3 is 21.9 Å². The lowest BCUT2D eigenvalue weighted by molar-refractivity contribution is 0.0768. The minimum Gasteiger partial charge on any atom is -0.381 e. The Morgan fingerprint density at radius 1 is 1.32 bits per heavy atom. The van der Waals surface area contributed by atoms with Crippen molar-refractivity contribution in [2.45, 2.75) is 12.3 Å². The molecule has 0 aliphatic carbocycles. The number of H-pyrrole nitrogens is 1. The van der Waals surface area contributed by atoms with Crippen molar-refractivity contribution in [2.75, 3.05) is 5.32 Å². The molecule has 1 heterocycles. The number of hydrogen-bond acceptors (Lipinski definition) is 4. The first kappa shape index (κ1) is 15.5. The average Bonchev–Trinajstić information content (AvgIpc) is 2.46. The van der Waals surface area contributed by atoms with E-state index in [2.05, 4.69) is 15.4 Å². The molecule has 0 saturated carbocycles. The third kappa shape index (κ3) is 3.81. The standard InChI is InChI=1S/C14H15F2N5O/c15-14(16,13(17)21-18)8-9-2-1-3-10(6-9)20-12-7-11(22)4-5-19-12/h1-7H,8,18H2,(H2,17,21)(H2,19,20,22). The van der Waals surface area contributed by atoms with Gasteiger partial charge in [0.05, 0.1) is 0 Å². The maximum atomic E-state index is 13.7. The van der Waals surface area contributed by atoms with Gasteiger partial charge in [0.1, 0.15) is 5.82 Å². The van der Waals surface area contributed by atoms with E-state index in [-0.39, 0.29) is 5.43 Å². The van der Waals surface area contributed by atoms with Crippen molar-refractivity contribution in [3.63, 3.8) is 0 Å². The molecule has 116 valence electrons. The second-order valence-corrected chi connectivity index (χ2v) is 4.66. The van der Waals surface area contributed by atoms with E-state index < -0.39 is 18.2 Å². The van der Waals surface area contributed by atoms with Gasteiger partial charge in [-0.25, -0.2) is 0 Å². The minimum atomic E-state index is -3.32. The number of aromatic amines is 1. The fourth-order valence-electron chi connectivity index (χ4n) is 1.87. The van der Waals surface area contributed by atoms with Crippen molar-refractivity contribution in [1.82, 2.24) is 4.98 Å². The van der Waals surface area contributed by atoms with Crippen LogP contribution in [0.4, 0.5) is 20.3 Å². The normalized spacial score (nSPS) is 12.2. The van der Waals surface area contributed by atoms with Crippen LogP contribution in [0.2, 0.25) is 0 Å². The molecule has 1 aromatic heterocycles. The topological polar surface area (TPSA) is 109 Å². The maximum absolute atomic E-state index is 13.7.